The third-order valence-electron chi connectivity index (χ3n) is 3.71. The van der Waals surface area contributed by atoms with Crippen LogP contribution >= 0.6 is 0 Å². The highest BCUT2D eigenvalue weighted by Crippen LogP contribution is 2.26. The molecule has 0 saturated carbocycles. The fourth-order valence-corrected chi connectivity index (χ4v) is 2.38. The van der Waals surface area contributed by atoms with Gasteiger partial charge in [-0.3, -0.25) is 4.79 Å². The number of likely N-dealkylation sites (tertiary alicyclic amines) is 1. The van der Waals surface area contributed by atoms with Crippen molar-refractivity contribution in [3.8, 4) is 6.07 Å². The Morgan fingerprint density at radius 1 is 1.53 bits per heavy atom. The van der Waals surface area contributed by atoms with E-state index in [9.17, 15) is 9.18 Å². The summed E-state index contributed by atoms with van der Waals surface area (Å²) in [5, 5.41) is 8.80. The van der Waals surface area contributed by atoms with Gasteiger partial charge in [0.15, 0.2) is 0 Å². The molecule has 1 unspecified atom stereocenters. The Kier molecular flexibility index (Phi) is 3.84. The Morgan fingerprint density at radius 3 is 2.84 bits per heavy atom. The SMILES string of the molecule is CC(C)C1CC(=O)N(Cc2ccc(F)c(C#N)c2)C1. The number of nitriles is 1. The van der Waals surface area contributed by atoms with Gasteiger partial charge in [0.1, 0.15) is 11.9 Å². The zero-order valence-corrected chi connectivity index (χ0v) is 11.2. The molecule has 1 aliphatic rings. The van der Waals surface area contributed by atoms with Gasteiger partial charge in [0, 0.05) is 19.5 Å². The first-order valence-corrected chi connectivity index (χ1v) is 6.47. The number of carbonyl (C=O) groups is 1. The summed E-state index contributed by atoms with van der Waals surface area (Å²) in [6.07, 6.45) is 0.587. The van der Waals surface area contributed by atoms with Crippen LogP contribution in [0, 0.1) is 29.0 Å². The van der Waals surface area contributed by atoms with Gasteiger partial charge in [-0.1, -0.05) is 19.9 Å². The number of amides is 1. The van der Waals surface area contributed by atoms with Crippen LogP contribution in [0.3, 0.4) is 0 Å². The summed E-state index contributed by atoms with van der Waals surface area (Å²) < 4.78 is 13.2. The molecular formula is C15H17FN2O. The number of rotatable bonds is 3. The van der Waals surface area contributed by atoms with Crippen molar-refractivity contribution < 1.29 is 9.18 Å². The van der Waals surface area contributed by atoms with E-state index >= 15 is 0 Å². The normalized spacial score (nSPS) is 19.0. The lowest BCUT2D eigenvalue weighted by Gasteiger charge is -2.18. The molecule has 100 valence electrons. The van der Waals surface area contributed by atoms with Crippen LogP contribution in [-0.4, -0.2) is 17.4 Å². The summed E-state index contributed by atoms with van der Waals surface area (Å²) >= 11 is 0. The summed E-state index contributed by atoms with van der Waals surface area (Å²) in [6, 6.07) is 6.26. The molecule has 3 nitrogen and oxygen atoms in total. The first-order valence-electron chi connectivity index (χ1n) is 6.47. The smallest absolute Gasteiger partial charge is 0.223 e. The van der Waals surface area contributed by atoms with Crippen LogP contribution in [0.25, 0.3) is 0 Å². The quantitative estimate of drug-likeness (QED) is 0.838. The molecule has 19 heavy (non-hydrogen) atoms. The van der Waals surface area contributed by atoms with Crippen LogP contribution in [0.2, 0.25) is 0 Å². The van der Waals surface area contributed by atoms with Crippen molar-refractivity contribution in [2.24, 2.45) is 11.8 Å². The molecular weight excluding hydrogens is 243 g/mol. The number of carbonyl (C=O) groups excluding carboxylic acids is 1. The summed E-state index contributed by atoms with van der Waals surface area (Å²) in [7, 11) is 0. The highest BCUT2D eigenvalue weighted by atomic mass is 19.1. The zero-order valence-electron chi connectivity index (χ0n) is 11.2. The van der Waals surface area contributed by atoms with E-state index in [4.69, 9.17) is 5.26 Å². The van der Waals surface area contributed by atoms with Crippen molar-refractivity contribution in [1.29, 1.82) is 5.26 Å². The van der Waals surface area contributed by atoms with E-state index in [1.54, 1.807) is 11.0 Å². The molecule has 1 amide bonds. The predicted molar refractivity (Wildman–Crippen MR) is 69.5 cm³/mol. The highest BCUT2D eigenvalue weighted by molar-refractivity contribution is 5.78. The van der Waals surface area contributed by atoms with Crippen LogP contribution in [0.1, 0.15) is 31.4 Å². The van der Waals surface area contributed by atoms with Crippen molar-refractivity contribution in [3.05, 3.63) is 35.1 Å². The van der Waals surface area contributed by atoms with Crippen molar-refractivity contribution >= 4 is 5.91 Å². The van der Waals surface area contributed by atoms with E-state index in [-0.39, 0.29) is 11.5 Å². The third-order valence-corrected chi connectivity index (χ3v) is 3.71. The Morgan fingerprint density at radius 2 is 2.26 bits per heavy atom. The molecule has 0 aromatic heterocycles. The monoisotopic (exact) mass is 260 g/mol. The molecule has 4 heteroatoms. The van der Waals surface area contributed by atoms with E-state index in [2.05, 4.69) is 13.8 Å². The van der Waals surface area contributed by atoms with Crippen LogP contribution in [-0.2, 0) is 11.3 Å². The predicted octanol–water partition coefficient (Wildman–Crippen LogP) is 2.70. The van der Waals surface area contributed by atoms with Crippen molar-refractivity contribution in [3.63, 3.8) is 0 Å². The van der Waals surface area contributed by atoms with Crippen molar-refractivity contribution in [1.82, 2.24) is 4.90 Å². The number of halogens is 1. The number of benzene rings is 1. The number of nitrogens with zero attached hydrogens (tertiary/aromatic N) is 2. The Balaban J connectivity index is 2.10. The topological polar surface area (TPSA) is 44.1 Å². The average molecular weight is 260 g/mol. The van der Waals surface area contributed by atoms with Gasteiger partial charge in [0.2, 0.25) is 5.91 Å². The molecule has 0 radical (unpaired) electrons. The van der Waals surface area contributed by atoms with E-state index in [1.165, 1.54) is 12.1 Å². The summed E-state index contributed by atoms with van der Waals surface area (Å²) in [5.41, 5.74) is 0.834. The molecule has 0 spiro atoms. The van der Waals surface area contributed by atoms with Gasteiger partial charge >= 0.3 is 0 Å². The van der Waals surface area contributed by atoms with Crippen molar-refractivity contribution in [2.75, 3.05) is 6.54 Å². The fourth-order valence-electron chi connectivity index (χ4n) is 2.38. The zero-order chi connectivity index (χ0) is 14.0. The lowest BCUT2D eigenvalue weighted by atomic mass is 9.95. The average Bonchev–Trinajstić information content (AvgIpc) is 2.73. The van der Waals surface area contributed by atoms with Crippen molar-refractivity contribution in [2.45, 2.75) is 26.8 Å². The van der Waals surface area contributed by atoms with Crippen LogP contribution in [0.15, 0.2) is 18.2 Å². The first-order chi connectivity index (χ1) is 9.01. The second kappa shape index (κ2) is 5.40. The molecule has 1 saturated heterocycles. The summed E-state index contributed by atoms with van der Waals surface area (Å²) in [4.78, 5) is 13.7. The minimum Gasteiger partial charge on any atom is -0.338 e. The maximum absolute atomic E-state index is 13.2. The summed E-state index contributed by atoms with van der Waals surface area (Å²) in [5.74, 6) is 0.501. The molecule has 0 N–H and O–H groups in total. The number of hydrogen-bond acceptors (Lipinski definition) is 2. The standard InChI is InChI=1S/C15H17FN2O/c1-10(2)13-6-15(19)18(9-13)8-11-3-4-14(16)12(5-11)7-17/h3-5,10,13H,6,8-9H2,1-2H3. The number of hydrogen-bond donors (Lipinski definition) is 0. The molecule has 0 bridgehead atoms. The lowest BCUT2D eigenvalue weighted by Crippen LogP contribution is -2.25. The second-order valence-corrected chi connectivity index (χ2v) is 5.41. The van der Waals surface area contributed by atoms with Gasteiger partial charge in [0.05, 0.1) is 5.56 Å². The third kappa shape index (κ3) is 2.93. The Bertz CT molecular complexity index is 533. The maximum Gasteiger partial charge on any atom is 0.223 e. The van der Waals surface area contributed by atoms with Gasteiger partial charge in [-0.2, -0.15) is 5.26 Å². The highest BCUT2D eigenvalue weighted by Gasteiger charge is 2.31. The van der Waals surface area contributed by atoms with E-state index in [0.29, 0.717) is 24.8 Å². The molecule has 1 heterocycles. The largest absolute Gasteiger partial charge is 0.338 e. The minimum absolute atomic E-state index is 0.0320. The molecule has 0 aliphatic carbocycles. The molecule has 1 atom stereocenters. The van der Waals surface area contributed by atoms with E-state index in [1.807, 2.05) is 6.07 Å². The van der Waals surface area contributed by atoms with Crippen LogP contribution in [0.4, 0.5) is 4.39 Å². The lowest BCUT2D eigenvalue weighted by molar-refractivity contribution is -0.128. The fraction of sp³-hybridized carbons (Fsp3) is 0.467. The van der Waals surface area contributed by atoms with Gasteiger partial charge in [0.25, 0.3) is 0 Å². The maximum atomic E-state index is 13.2. The molecule has 1 fully saturated rings. The molecule has 1 aliphatic heterocycles. The van der Waals surface area contributed by atoms with Gasteiger partial charge < -0.3 is 4.90 Å². The van der Waals surface area contributed by atoms with Gasteiger partial charge in [-0.05, 0) is 29.5 Å². The van der Waals surface area contributed by atoms with Crippen LogP contribution < -0.4 is 0 Å². The van der Waals surface area contributed by atoms with E-state index in [0.717, 1.165) is 12.1 Å². The molecule has 1 aromatic carbocycles. The van der Waals surface area contributed by atoms with Crippen LogP contribution in [0.5, 0.6) is 0 Å². The Hall–Kier alpha value is -1.89. The summed E-state index contributed by atoms with van der Waals surface area (Å²) in [6.45, 7) is 5.44. The first kappa shape index (κ1) is 13.5. The minimum atomic E-state index is -0.515. The molecule has 2 rings (SSSR count). The van der Waals surface area contributed by atoms with Gasteiger partial charge in [-0.15, -0.1) is 0 Å². The van der Waals surface area contributed by atoms with E-state index < -0.39 is 5.82 Å². The second-order valence-electron chi connectivity index (χ2n) is 5.41. The van der Waals surface area contributed by atoms with Gasteiger partial charge in [-0.25, -0.2) is 4.39 Å². The Labute approximate surface area is 112 Å². The molecule has 1 aromatic rings.